The summed E-state index contributed by atoms with van der Waals surface area (Å²) in [7, 11) is 0. The molecular formula is C11H17N3O8. The van der Waals surface area contributed by atoms with E-state index in [-0.39, 0.29) is 5.96 Å². The monoisotopic (exact) mass is 319 g/mol. The van der Waals surface area contributed by atoms with Crippen molar-refractivity contribution in [2.24, 2.45) is 16.6 Å². The molecule has 1 aliphatic carbocycles. The summed E-state index contributed by atoms with van der Waals surface area (Å²) >= 11 is 0. The normalized spacial score (nSPS) is 62.4. The van der Waals surface area contributed by atoms with Gasteiger partial charge < -0.3 is 51.2 Å². The van der Waals surface area contributed by atoms with E-state index < -0.39 is 60.3 Å². The molecule has 11 heteroatoms. The lowest BCUT2D eigenvalue weighted by molar-refractivity contribution is -0.548. The highest BCUT2D eigenvalue weighted by Gasteiger charge is 2.82. The molecule has 11 nitrogen and oxygen atoms in total. The summed E-state index contributed by atoms with van der Waals surface area (Å²) in [6.45, 7) is -0.857. The van der Waals surface area contributed by atoms with Gasteiger partial charge in [-0.3, -0.25) is 0 Å². The third-order valence-corrected chi connectivity index (χ3v) is 5.22. The molecule has 1 spiro atoms. The van der Waals surface area contributed by atoms with Gasteiger partial charge in [0.2, 0.25) is 0 Å². The van der Waals surface area contributed by atoms with Gasteiger partial charge in [0.05, 0.1) is 12.5 Å². The minimum absolute atomic E-state index is 0.250. The van der Waals surface area contributed by atoms with Gasteiger partial charge >= 0.3 is 5.97 Å². The summed E-state index contributed by atoms with van der Waals surface area (Å²) < 4.78 is 10.3. The molecule has 5 aliphatic rings. The number of ether oxygens (including phenoxy) is 2. The van der Waals surface area contributed by atoms with Gasteiger partial charge in [-0.25, -0.2) is 4.99 Å². The minimum atomic E-state index is -2.52. The first-order chi connectivity index (χ1) is 10.2. The summed E-state index contributed by atoms with van der Waals surface area (Å²) in [5.41, 5.74) is 1.74. The predicted molar refractivity (Wildman–Crippen MR) is 65.7 cm³/mol. The Morgan fingerprint density at radius 2 is 1.82 bits per heavy atom. The maximum atomic E-state index is 10.6. The zero-order valence-corrected chi connectivity index (χ0v) is 11.2. The first-order valence-corrected chi connectivity index (χ1v) is 6.77. The van der Waals surface area contributed by atoms with E-state index in [0.29, 0.717) is 0 Å². The number of rotatable bonds is 1. The molecule has 2 unspecified atom stereocenters. The highest BCUT2D eigenvalue weighted by Crippen LogP contribution is 2.58. The van der Waals surface area contributed by atoms with E-state index in [1.54, 1.807) is 0 Å². The van der Waals surface area contributed by atoms with E-state index in [1.807, 2.05) is 0 Å². The average molecular weight is 319 g/mol. The van der Waals surface area contributed by atoms with Crippen molar-refractivity contribution in [1.82, 2.24) is 5.32 Å². The van der Waals surface area contributed by atoms with Crippen LogP contribution in [-0.4, -0.2) is 91.0 Å². The van der Waals surface area contributed by atoms with Crippen LogP contribution in [0.3, 0.4) is 0 Å². The summed E-state index contributed by atoms with van der Waals surface area (Å²) in [5, 5.41) is 64.3. The second-order valence-corrected chi connectivity index (χ2v) is 6.22. The average Bonchev–Trinajstić information content (AvgIpc) is 2.45. The number of hydrogen-bond acceptors (Lipinski definition) is 11. The maximum Gasteiger partial charge on any atom is 0.311 e. The molecule has 4 heterocycles. The molecule has 0 amide bonds. The molecule has 0 radical (unpaired) electrons. The smallest absolute Gasteiger partial charge is 0.311 e. The van der Waals surface area contributed by atoms with E-state index in [2.05, 4.69) is 10.3 Å². The van der Waals surface area contributed by atoms with Gasteiger partial charge in [-0.1, -0.05) is 0 Å². The lowest BCUT2D eigenvalue weighted by Crippen LogP contribution is -2.95. The van der Waals surface area contributed by atoms with E-state index >= 15 is 0 Å². The summed E-state index contributed by atoms with van der Waals surface area (Å²) in [6.07, 6.45) is -7.77. The van der Waals surface area contributed by atoms with Gasteiger partial charge in [0.25, 0.3) is 0 Å². The van der Waals surface area contributed by atoms with Crippen molar-refractivity contribution in [2.75, 3.05) is 6.61 Å². The molecular weight excluding hydrogens is 302 g/mol. The molecule has 22 heavy (non-hydrogen) atoms. The second kappa shape index (κ2) is 3.88. The number of nitrogens with two attached hydrogens (primary N) is 1. The zero-order valence-electron chi connectivity index (χ0n) is 11.2. The van der Waals surface area contributed by atoms with Crippen LogP contribution in [0.25, 0.3) is 0 Å². The predicted octanol–water partition coefficient (Wildman–Crippen LogP) is -5.52. The number of nitrogens with one attached hydrogen (secondary N) is 1. The Morgan fingerprint density at radius 3 is 2.45 bits per heavy atom. The van der Waals surface area contributed by atoms with Gasteiger partial charge in [-0.2, -0.15) is 0 Å². The number of hydrogen-bond donors (Lipinski definition) is 8. The third-order valence-electron chi connectivity index (χ3n) is 5.22. The van der Waals surface area contributed by atoms with Crippen molar-refractivity contribution in [3.8, 4) is 0 Å². The van der Waals surface area contributed by atoms with Crippen LogP contribution in [0.1, 0.15) is 0 Å². The van der Waals surface area contributed by atoms with Crippen LogP contribution >= 0.6 is 0 Å². The lowest BCUT2D eigenvalue weighted by Gasteiger charge is -2.71. The third kappa shape index (κ3) is 1.28. The summed E-state index contributed by atoms with van der Waals surface area (Å²) in [4.78, 5) is 3.70. The number of aliphatic hydroxyl groups is 6. The van der Waals surface area contributed by atoms with Crippen LogP contribution in [0.15, 0.2) is 4.99 Å². The molecule has 0 aromatic heterocycles. The van der Waals surface area contributed by atoms with Crippen molar-refractivity contribution in [2.45, 2.75) is 47.8 Å². The summed E-state index contributed by atoms with van der Waals surface area (Å²) in [6, 6.07) is 0. The van der Waals surface area contributed by atoms with Crippen molar-refractivity contribution < 1.29 is 40.1 Å². The van der Waals surface area contributed by atoms with E-state index in [9.17, 15) is 30.6 Å². The van der Waals surface area contributed by atoms with Crippen molar-refractivity contribution in [3.05, 3.63) is 0 Å². The molecule has 4 fully saturated rings. The number of aliphatic hydroxyl groups excluding tert-OH is 4. The van der Waals surface area contributed by atoms with Crippen molar-refractivity contribution in [3.63, 3.8) is 0 Å². The molecule has 5 rings (SSSR count). The number of aliphatic imine (C=N–C) groups is 1. The Bertz CT molecular complexity index is 561. The standard InChI is InChI=1S/C11H17N3O8/c12-8-13-6(17)2-4-9(19,1-15)5-3(16)10(2,14-8)7(18)11(20,21-4)22-5/h2-7,15-20H,1H2,(H3,12,13,14)/t2-,3?,4-,5-,6+,7+,9+,10?,11+/m1/s1. The van der Waals surface area contributed by atoms with Crippen LogP contribution in [0, 0.1) is 5.92 Å². The van der Waals surface area contributed by atoms with E-state index in [0.717, 1.165) is 0 Å². The highest BCUT2D eigenvalue weighted by molar-refractivity contribution is 5.80. The van der Waals surface area contributed by atoms with Crippen LogP contribution in [-0.2, 0) is 9.47 Å². The quantitative estimate of drug-likeness (QED) is 0.231. The Kier molecular flexibility index (Phi) is 2.57. The SMILES string of the molecule is NC1=N[C@@H](O)[C@H]2[C@H]3O[C@]4(O)O[C@H](C(O)C2(N1)[C@@H]4O)[C@]3(O)CO. The van der Waals surface area contributed by atoms with Crippen molar-refractivity contribution in [1.29, 1.82) is 0 Å². The Hall–Kier alpha value is -1.05. The van der Waals surface area contributed by atoms with Gasteiger partial charge in [-0.15, -0.1) is 0 Å². The Balaban J connectivity index is 1.95. The van der Waals surface area contributed by atoms with Crippen LogP contribution < -0.4 is 11.1 Å². The van der Waals surface area contributed by atoms with Crippen LogP contribution in [0.5, 0.6) is 0 Å². The molecule has 9 N–H and O–H groups in total. The fraction of sp³-hybridized carbons (Fsp3) is 0.909. The fourth-order valence-corrected chi connectivity index (χ4v) is 4.24. The van der Waals surface area contributed by atoms with Crippen LogP contribution in [0.4, 0.5) is 0 Å². The maximum absolute atomic E-state index is 10.6. The molecule has 4 bridgehead atoms. The van der Waals surface area contributed by atoms with Crippen molar-refractivity contribution >= 4 is 5.96 Å². The summed E-state index contributed by atoms with van der Waals surface area (Å²) in [5.74, 6) is -3.95. The topological polar surface area (TPSA) is 190 Å². The molecule has 0 aromatic rings. The second-order valence-electron chi connectivity index (χ2n) is 6.22. The van der Waals surface area contributed by atoms with Gasteiger partial charge in [0.1, 0.15) is 29.5 Å². The van der Waals surface area contributed by atoms with Gasteiger partial charge in [0, 0.05) is 0 Å². The Morgan fingerprint density at radius 1 is 1.18 bits per heavy atom. The largest absolute Gasteiger partial charge is 0.393 e. The molecule has 3 saturated heterocycles. The zero-order chi connectivity index (χ0) is 16.1. The fourth-order valence-electron chi connectivity index (χ4n) is 4.24. The van der Waals surface area contributed by atoms with Gasteiger partial charge in [-0.05, 0) is 0 Å². The molecule has 9 atom stereocenters. The minimum Gasteiger partial charge on any atom is -0.393 e. The number of nitrogens with zero attached hydrogens (tertiary/aromatic N) is 1. The van der Waals surface area contributed by atoms with E-state index in [4.69, 9.17) is 15.2 Å². The molecule has 4 aliphatic heterocycles. The van der Waals surface area contributed by atoms with Gasteiger partial charge in [0.15, 0.2) is 18.3 Å². The first-order valence-electron chi connectivity index (χ1n) is 6.77. The van der Waals surface area contributed by atoms with E-state index in [1.165, 1.54) is 0 Å². The first kappa shape index (κ1) is 14.5. The number of guanidine groups is 1. The molecule has 124 valence electrons. The van der Waals surface area contributed by atoms with Crippen LogP contribution in [0.2, 0.25) is 0 Å². The Labute approximate surface area is 123 Å². The molecule has 1 saturated carbocycles. The lowest BCUT2D eigenvalue weighted by atomic mass is 9.55. The highest BCUT2D eigenvalue weighted by atomic mass is 16.9. The molecule has 0 aromatic carbocycles.